The van der Waals surface area contributed by atoms with Crippen LogP contribution >= 0.6 is 0 Å². The van der Waals surface area contributed by atoms with Crippen molar-refractivity contribution < 1.29 is 4.79 Å². The summed E-state index contributed by atoms with van der Waals surface area (Å²) >= 11 is 0. The van der Waals surface area contributed by atoms with Crippen LogP contribution in [-0.2, 0) is 0 Å². The number of aldehydes is 1. The van der Waals surface area contributed by atoms with E-state index in [1.807, 2.05) is 38.2 Å². The van der Waals surface area contributed by atoms with Gasteiger partial charge in [-0.2, -0.15) is 0 Å². The second-order valence-electron chi connectivity index (χ2n) is 2.76. The van der Waals surface area contributed by atoms with Gasteiger partial charge in [-0.15, -0.1) is 6.42 Å². The van der Waals surface area contributed by atoms with Gasteiger partial charge in [0.15, 0.2) is 0 Å². The average Bonchev–Trinajstić information content (AvgIpc) is 2.21. The molecule has 14 heavy (non-hydrogen) atoms. The Kier molecular flexibility index (Phi) is 7.12. The fourth-order valence-corrected chi connectivity index (χ4v) is 0.747. The molecule has 0 unspecified atom stereocenters. The standard InChI is InChI=1S/C8H8O.C4H7N/c1-7-2-4-8(6-9)5-3-7;1-3-4-5-2/h2-6H,1H3;1,5H,4H2,2H3. The highest BCUT2D eigenvalue weighted by atomic mass is 16.1. The molecule has 0 saturated heterocycles. The Labute approximate surface area is 85.3 Å². The van der Waals surface area contributed by atoms with E-state index in [2.05, 4.69) is 11.2 Å². The van der Waals surface area contributed by atoms with Crippen LogP contribution in [0.25, 0.3) is 0 Å². The van der Waals surface area contributed by atoms with Crippen molar-refractivity contribution in [3.05, 3.63) is 35.4 Å². The summed E-state index contributed by atoms with van der Waals surface area (Å²) in [4.78, 5) is 10.1. The summed E-state index contributed by atoms with van der Waals surface area (Å²) < 4.78 is 0. The molecule has 0 radical (unpaired) electrons. The Morgan fingerprint density at radius 2 is 2.00 bits per heavy atom. The summed E-state index contributed by atoms with van der Waals surface area (Å²) in [6, 6.07) is 7.46. The molecule has 0 atom stereocenters. The Bertz CT molecular complexity index is 295. The first kappa shape index (κ1) is 12.4. The van der Waals surface area contributed by atoms with Crippen molar-refractivity contribution in [2.24, 2.45) is 0 Å². The van der Waals surface area contributed by atoms with E-state index in [0.717, 1.165) is 11.8 Å². The van der Waals surface area contributed by atoms with Crippen LogP contribution in [-0.4, -0.2) is 19.9 Å². The first-order valence-electron chi connectivity index (χ1n) is 4.34. The number of hydrogen-bond donors (Lipinski definition) is 1. The number of hydrogen-bond acceptors (Lipinski definition) is 2. The Hall–Kier alpha value is -1.59. The highest BCUT2D eigenvalue weighted by molar-refractivity contribution is 5.74. The number of aryl methyl sites for hydroxylation is 1. The van der Waals surface area contributed by atoms with E-state index in [4.69, 9.17) is 6.42 Å². The summed E-state index contributed by atoms with van der Waals surface area (Å²) in [6.45, 7) is 2.66. The number of terminal acetylenes is 1. The van der Waals surface area contributed by atoms with Gasteiger partial charge in [0.05, 0.1) is 6.54 Å². The topological polar surface area (TPSA) is 29.1 Å². The predicted molar refractivity (Wildman–Crippen MR) is 59.3 cm³/mol. The fourth-order valence-electron chi connectivity index (χ4n) is 0.747. The van der Waals surface area contributed by atoms with Gasteiger partial charge in [0.1, 0.15) is 6.29 Å². The van der Waals surface area contributed by atoms with Gasteiger partial charge in [0.2, 0.25) is 0 Å². The van der Waals surface area contributed by atoms with Crippen LogP contribution in [0, 0.1) is 19.3 Å². The van der Waals surface area contributed by atoms with E-state index in [0.29, 0.717) is 6.54 Å². The van der Waals surface area contributed by atoms with Crippen molar-refractivity contribution in [1.82, 2.24) is 5.32 Å². The number of carbonyl (C=O) groups excluding carboxylic acids is 1. The van der Waals surface area contributed by atoms with Crippen molar-refractivity contribution in [1.29, 1.82) is 0 Å². The van der Waals surface area contributed by atoms with E-state index in [9.17, 15) is 4.79 Å². The van der Waals surface area contributed by atoms with E-state index in [-0.39, 0.29) is 0 Å². The zero-order valence-corrected chi connectivity index (χ0v) is 8.58. The zero-order valence-electron chi connectivity index (χ0n) is 8.58. The molecule has 2 nitrogen and oxygen atoms in total. The zero-order chi connectivity index (χ0) is 10.8. The molecule has 0 saturated carbocycles. The number of rotatable bonds is 2. The van der Waals surface area contributed by atoms with Gasteiger partial charge in [0.25, 0.3) is 0 Å². The van der Waals surface area contributed by atoms with Crippen molar-refractivity contribution in [2.75, 3.05) is 13.6 Å². The molecule has 0 aliphatic carbocycles. The summed E-state index contributed by atoms with van der Waals surface area (Å²) in [5.41, 5.74) is 1.92. The molecule has 2 heteroatoms. The van der Waals surface area contributed by atoms with Crippen LogP contribution in [0.2, 0.25) is 0 Å². The molecule has 0 aliphatic rings. The highest BCUT2D eigenvalue weighted by Crippen LogP contribution is 1.98. The van der Waals surface area contributed by atoms with Crippen molar-refractivity contribution >= 4 is 6.29 Å². The third-order valence-electron chi connectivity index (χ3n) is 1.49. The molecular weight excluding hydrogens is 174 g/mol. The van der Waals surface area contributed by atoms with Crippen molar-refractivity contribution in [3.8, 4) is 12.3 Å². The predicted octanol–water partition coefficient (Wildman–Crippen LogP) is 1.65. The first-order valence-corrected chi connectivity index (χ1v) is 4.34. The number of nitrogens with one attached hydrogen (secondary N) is 1. The normalized spacial score (nSPS) is 8.07. The molecule has 1 N–H and O–H groups in total. The second kappa shape index (κ2) is 8.03. The van der Waals surface area contributed by atoms with Gasteiger partial charge in [-0.25, -0.2) is 0 Å². The van der Waals surface area contributed by atoms with Crippen LogP contribution in [0.3, 0.4) is 0 Å². The molecule has 1 aromatic carbocycles. The van der Waals surface area contributed by atoms with E-state index in [1.54, 1.807) is 0 Å². The molecule has 0 aliphatic heterocycles. The lowest BCUT2D eigenvalue weighted by atomic mass is 10.2. The van der Waals surface area contributed by atoms with Crippen LogP contribution in [0.4, 0.5) is 0 Å². The largest absolute Gasteiger partial charge is 0.309 e. The first-order chi connectivity index (χ1) is 6.74. The molecule has 74 valence electrons. The third-order valence-corrected chi connectivity index (χ3v) is 1.49. The van der Waals surface area contributed by atoms with Crippen molar-refractivity contribution in [2.45, 2.75) is 6.92 Å². The maximum Gasteiger partial charge on any atom is 0.150 e. The van der Waals surface area contributed by atoms with Crippen molar-refractivity contribution in [3.63, 3.8) is 0 Å². The average molecular weight is 189 g/mol. The summed E-state index contributed by atoms with van der Waals surface area (Å²) in [5.74, 6) is 2.41. The number of benzene rings is 1. The van der Waals surface area contributed by atoms with E-state index < -0.39 is 0 Å². The minimum absolute atomic E-state index is 0.667. The van der Waals surface area contributed by atoms with Gasteiger partial charge < -0.3 is 5.32 Å². The Morgan fingerprint density at radius 3 is 2.29 bits per heavy atom. The minimum atomic E-state index is 0.667. The molecule has 0 heterocycles. The molecular formula is C12H15NO. The molecule has 0 bridgehead atoms. The SMILES string of the molecule is C#CCNC.Cc1ccc(C=O)cc1. The fraction of sp³-hybridized carbons (Fsp3) is 0.250. The smallest absolute Gasteiger partial charge is 0.150 e. The van der Waals surface area contributed by atoms with Crippen LogP contribution in [0.1, 0.15) is 15.9 Å². The van der Waals surface area contributed by atoms with Gasteiger partial charge in [-0.05, 0) is 14.0 Å². The maximum absolute atomic E-state index is 10.1. The summed E-state index contributed by atoms with van der Waals surface area (Å²) in [7, 11) is 1.82. The van der Waals surface area contributed by atoms with Gasteiger partial charge >= 0.3 is 0 Å². The van der Waals surface area contributed by atoms with Crippen LogP contribution in [0.5, 0.6) is 0 Å². The van der Waals surface area contributed by atoms with Gasteiger partial charge in [-0.3, -0.25) is 4.79 Å². The lowest BCUT2D eigenvalue weighted by Crippen LogP contribution is -2.03. The maximum atomic E-state index is 10.1. The quantitative estimate of drug-likeness (QED) is 0.566. The minimum Gasteiger partial charge on any atom is -0.309 e. The molecule has 0 spiro atoms. The lowest BCUT2D eigenvalue weighted by Gasteiger charge is -1.89. The van der Waals surface area contributed by atoms with Crippen LogP contribution in [0.15, 0.2) is 24.3 Å². The third kappa shape index (κ3) is 5.99. The van der Waals surface area contributed by atoms with Gasteiger partial charge in [-0.1, -0.05) is 35.7 Å². The highest BCUT2D eigenvalue weighted by Gasteiger charge is 1.85. The summed E-state index contributed by atoms with van der Waals surface area (Å²) in [6.07, 6.45) is 5.67. The van der Waals surface area contributed by atoms with Crippen LogP contribution < -0.4 is 5.32 Å². The molecule has 0 amide bonds. The summed E-state index contributed by atoms with van der Waals surface area (Å²) in [5, 5.41) is 2.78. The molecule has 1 aromatic rings. The Balaban J connectivity index is 0.000000292. The molecule has 0 fully saturated rings. The van der Waals surface area contributed by atoms with E-state index >= 15 is 0 Å². The molecule has 0 aromatic heterocycles. The monoisotopic (exact) mass is 189 g/mol. The number of carbonyl (C=O) groups is 1. The second-order valence-corrected chi connectivity index (χ2v) is 2.76. The van der Waals surface area contributed by atoms with Gasteiger partial charge in [0, 0.05) is 5.56 Å². The lowest BCUT2D eigenvalue weighted by molar-refractivity contribution is 0.112. The van der Waals surface area contributed by atoms with E-state index in [1.165, 1.54) is 5.56 Å². The molecule has 1 rings (SSSR count). The Morgan fingerprint density at radius 1 is 1.43 bits per heavy atom.